The molecule has 39 heteroatoms. The lowest BCUT2D eigenvalue weighted by molar-refractivity contribution is -0.282. The molecule has 20 N–H and O–H groups in total. The zero-order valence-corrected chi connectivity index (χ0v) is 65.5. The molecule has 4 aliphatic rings. The van der Waals surface area contributed by atoms with E-state index in [-0.39, 0.29) is 32.1 Å². The van der Waals surface area contributed by atoms with Crippen molar-refractivity contribution in [2.75, 3.05) is 85.6 Å². The lowest BCUT2D eigenvalue weighted by Gasteiger charge is -2.42. The Morgan fingerprint density at radius 2 is 0.982 bits per heavy atom. The van der Waals surface area contributed by atoms with Crippen LogP contribution in [0.2, 0.25) is 0 Å². The fourth-order valence-electron chi connectivity index (χ4n) is 13.7. The standard InChI is InChI=1S/C72H130N16O23/c1-44-59(95)61(97)53(40-89)108-68(44)104-28-18-8-13-23-76-32-49(79-74)37-85(33-48(73)34-86(75)25-14-9-19-30-106-70-57(77-46(3)93)65(101)63(99)55(42-91)110-70)52(67(103)72(5,6)7)22-12-17-24-84(35-50-38-87(82-80-50)26-15-10-20-29-105-69-45(2)60(96)62(98)54(41-90)109-69)36-51-39-88(83-81-51)27-16-11-21-31-107-71-58(78-47(4)94)66(102)64(100)56(43-92)111-71/h32,34,38-39,44-45,52-66,68-71,74,76,89-92,95-102H,8-31,33,35-37,40-43,73,75H2,1-7H3,(H,77,93)(H,78,94)/b48-34-,49-32-,79-74?/t44-,45-,52+,53-,54-,55-,56-,57-,58-,59-,60-,61+,62+,63+,64+,65-,66-,68-,69-,70-,71-/m1/s1. The van der Waals surface area contributed by atoms with Crippen molar-refractivity contribution in [2.24, 2.45) is 33.9 Å². The lowest BCUT2D eigenvalue weighted by atomic mass is 9.84. The molecular weight excluding hydrogens is 1460 g/mol. The summed E-state index contributed by atoms with van der Waals surface area (Å²) in [6.45, 7) is 13.9. The number of aryl methyl sites for hydroxylation is 2. The van der Waals surface area contributed by atoms with Crippen LogP contribution >= 0.6 is 0 Å². The molecule has 0 bridgehead atoms. The molecule has 0 aromatic carbocycles. The quantitative estimate of drug-likeness (QED) is 0.0141. The number of nitrogens with one attached hydrogen (secondary N) is 4. The molecule has 6 heterocycles. The second kappa shape index (κ2) is 48.7. The van der Waals surface area contributed by atoms with Crippen molar-refractivity contribution in [3.05, 3.63) is 47.6 Å². The van der Waals surface area contributed by atoms with E-state index >= 15 is 0 Å². The number of nitrogens with zero attached hydrogens (tertiary/aromatic N) is 10. The molecule has 4 aliphatic heterocycles. The predicted molar refractivity (Wildman–Crippen MR) is 396 cm³/mol. The summed E-state index contributed by atoms with van der Waals surface area (Å²) < 4.78 is 50.0. The monoisotopic (exact) mass is 1590 g/mol. The van der Waals surface area contributed by atoms with Gasteiger partial charge in [-0.3, -0.25) is 33.5 Å². The van der Waals surface area contributed by atoms with Crippen LogP contribution < -0.4 is 27.5 Å². The summed E-state index contributed by atoms with van der Waals surface area (Å²) in [5.74, 6) is 4.56. The molecule has 0 saturated carbocycles. The normalized spacial score (nSPS) is 29.2. The zero-order valence-electron chi connectivity index (χ0n) is 65.5. The number of ketones is 1. The van der Waals surface area contributed by atoms with E-state index < -0.39 is 172 Å². The first-order chi connectivity index (χ1) is 53.0. The Kier molecular flexibility index (Phi) is 41.4. The molecule has 2 aromatic heterocycles. The fraction of sp³-hybridized carbons (Fsp3) is 0.847. The number of Topliss-reactive ketones (excluding diaryl/α,β-unsaturated/α-hetero) is 1. The smallest absolute Gasteiger partial charge is 0.217 e. The van der Waals surface area contributed by atoms with E-state index in [0.717, 1.165) is 19.3 Å². The largest absolute Gasteiger partial charge is 0.400 e. The van der Waals surface area contributed by atoms with Gasteiger partial charge < -0.3 is 126 Å². The number of hydrogen-bond donors (Lipinski definition) is 18. The lowest BCUT2D eigenvalue weighted by Crippen LogP contribution is -2.64. The first-order valence-electron chi connectivity index (χ1n) is 39.1. The highest BCUT2D eigenvalue weighted by atomic mass is 16.7. The third-order valence-electron chi connectivity index (χ3n) is 20.2. The van der Waals surface area contributed by atoms with Crippen molar-refractivity contribution in [3.8, 4) is 0 Å². The van der Waals surface area contributed by atoms with Gasteiger partial charge in [-0.05, 0) is 96.4 Å². The number of carbonyl (C=O) groups is 3. The Balaban J connectivity index is 1.12. The Bertz CT molecular complexity index is 3060. The van der Waals surface area contributed by atoms with Crippen LogP contribution in [0.15, 0.2) is 41.3 Å². The van der Waals surface area contributed by atoms with Crippen LogP contribution in [0.3, 0.4) is 0 Å². The van der Waals surface area contributed by atoms with E-state index in [1.54, 1.807) is 35.6 Å². The first kappa shape index (κ1) is 94.3. The Labute approximate surface area is 649 Å². The highest BCUT2D eigenvalue weighted by Gasteiger charge is 2.48. The van der Waals surface area contributed by atoms with Crippen molar-refractivity contribution in [3.63, 3.8) is 0 Å². The Morgan fingerprint density at radius 3 is 1.41 bits per heavy atom. The van der Waals surface area contributed by atoms with Gasteiger partial charge in [-0.2, -0.15) is 5.11 Å². The number of amides is 2. The van der Waals surface area contributed by atoms with E-state index in [0.29, 0.717) is 159 Å². The second-order valence-electron chi connectivity index (χ2n) is 30.6. The molecule has 111 heavy (non-hydrogen) atoms. The van der Waals surface area contributed by atoms with Crippen molar-refractivity contribution < 1.29 is 114 Å². The minimum Gasteiger partial charge on any atom is -0.400 e. The van der Waals surface area contributed by atoms with Gasteiger partial charge in [0.05, 0.1) is 61.8 Å². The summed E-state index contributed by atoms with van der Waals surface area (Å²) >= 11 is 0. The van der Waals surface area contributed by atoms with Gasteiger partial charge in [0.1, 0.15) is 73.1 Å². The van der Waals surface area contributed by atoms with Crippen LogP contribution in [-0.4, -0.2) is 326 Å². The Hall–Kier alpha value is -5.55. The predicted octanol–water partition coefficient (Wildman–Crippen LogP) is -2.45. The number of aliphatic hydroxyl groups excluding tert-OH is 12. The van der Waals surface area contributed by atoms with Crippen LogP contribution in [0, 0.1) is 22.8 Å². The highest BCUT2D eigenvalue weighted by molar-refractivity contribution is 5.88. The molecule has 2 amide bonds. The van der Waals surface area contributed by atoms with E-state index in [9.17, 15) is 75.7 Å². The van der Waals surface area contributed by atoms with Crippen LogP contribution in [0.5, 0.6) is 0 Å². The molecule has 21 atom stereocenters. The van der Waals surface area contributed by atoms with Crippen molar-refractivity contribution in [1.82, 2.24) is 60.7 Å². The summed E-state index contributed by atoms with van der Waals surface area (Å²) in [7, 11) is 0. The van der Waals surface area contributed by atoms with Crippen LogP contribution in [0.1, 0.15) is 156 Å². The number of ether oxygens (including phenoxy) is 8. The second-order valence-corrected chi connectivity index (χ2v) is 30.6. The molecule has 636 valence electrons. The third-order valence-corrected chi connectivity index (χ3v) is 20.2. The topological polar surface area (TPSA) is 563 Å². The van der Waals surface area contributed by atoms with Crippen molar-refractivity contribution in [2.45, 2.75) is 287 Å². The molecule has 4 saturated heterocycles. The molecule has 4 fully saturated rings. The summed E-state index contributed by atoms with van der Waals surface area (Å²) in [6, 6.07) is -2.85. The third kappa shape index (κ3) is 30.5. The van der Waals surface area contributed by atoms with Crippen LogP contribution in [0.25, 0.3) is 0 Å². The number of hydrogen-bond acceptors (Lipinski definition) is 35. The Morgan fingerprint density at radius 1 is 0.577 bits per heavy atom. The maximum absolute atomic E-state index is 14.9. The van der Waals surface area contributed by atoms with Gasteiger partial charge in [-0.1, -0.05) is 51.5 Å². The molecule has 2 aromatic rings. The number of unbranched alkanes of at least 4 members (excludes halogenated alkanes) is 9. The molecular formula is C72H130N16O23. The number of aromatic nitrogens is 6. The molecule has 0 spiro atoms. The molecule has 39 nitrogen and oxygen atoms in total. The zero-order chi connectivity index (χ0) is 81.3. The van der Waals surface area contributed by atoms with Crippen molar-refractivity contribution in [1.29, 1.82) is 5.53 Å². The average Bonchev–Trinajstić information content (AvgIpc) is 1.77. The highest BCUT2D eigenvalue weighted by Crippen LogP contribution is 2.31. The number of carbonyl (C=O) groups excluding carboxylic acids is 3. The van der Waals surface area contributed by atoms with Crippen LogP contribution in [-0.2, 0) is 78.5 Å². The number of hydrazine groups is 1. The fourth-order valence-corrected chi connectivity index (χ4v) is 13.7. The van der Waals surface area contributed by atoms with Gasteiger partial charge in [-0.25, -0.2) is 11.4 Å². The average molecular weight is 1590 g/mol. The molecule has 0 unspecified atom stereocenters. The maximum Gasteiger partial charge on any atom is 0.217 e. The number of aliphatic hydroxyl groups is 12. The molecule has 6 rings (SSSR count). The number of rotatable bonds is 52. The summed E-state index contributed by atoms with van der Waals surface area (Å²) in [6.07, 6.45) is -1.72. The van der Waals surface area contributed by atoms with Gasteiger partial charge >= 0.3 is 0 Å². The summed E-state index contributed by atoms with van der Waals surface area (Å²) in [5.41, 5.74) is 16.5. The molecule has 0 aliphatic carbocycles. The van der Waals surface area contributed by atoms with E-state index in [1.807, 2.05) is 38.1 Å². The number of nitrogens with two attached hydrogens (primary N) is 2. The van der Waals surface area contributed by atoms with E-state index in [4.69, 9.17) is 55.0 Å². The summed E-state index contributed by atoms with van der Waals surface area (Å²) in [5, 5.41) is 154. The first-order valence-corrected chi connectivity index (χ1v) is 39.1. The maximum atomic E-state index is 14.9. The van der Waals surface area contributed by atoms with Gasteiger partial charge in [0.25, 0.3) is 0 Å². The minimum absolute atomic E-state index is 0.0437. The molecule has 0 radical (unpaired) electrons. The summed E-state index contributed by atoms with van der Waals surface area (Å²) in [4.78, 5) is 42.9. The van der Waals surface area contributed by atoms with Gasteiger partial charge in [0.15, 0.2) is 30.9 Å². The van der Waals surface area contributed by atoms with E-state index in [1.165, 1.54) is 18.9 Å². The van der Waals surface area contributed by atoms with Gasteiger partial charge in [0.2, 0.25) is 11.8 Å². The van der Waals surface area contributed by atoms with Gasteiger partial charge in [0, 0.05) is 140 Å². The van der Waals surface area contributed by atoms with Crippen molar-refractivity contribution >= 4 is 17.6 Å². The minimum atomic E-state index is -1.45. The van der Waals surface area contributed by atoms with Gasteiger partial charge in [-0.15, -0.1) is 10.2 Å². The van der Waals surface area contributed by atoms with Crippen LogP contribution in [0.4, 0.5) is 0 Å². The SMILES string of the molecule is CC(=O)N[C@H]1[C@H](OCCCCCN(N)/C=C(\N)CN(C/C(=C/NCCCCCO[C@@H]2O[C@H](CO)[C@H](O)[C@H](O)[C@H]2C)N=N)[C@@H](CCCCN(Cc2cn(CCCCCO[C@@H]3O[C@H](CO)[C@H](O)[C@H](O)[C@H]3C)nn2)Cc2cn(CCCCCO[C@@H]3O[C@H](CO)[C@H](O)[C@H](O)[C@H]3NC(C)=O)nn2)C(=O)C(C)(C)C)O[C@H](CO)[C@H](O)[C@@H]1O. The van der Waals surface area contributed by atoms with E-state index in [2.05, 4.69) is 46.6 Å².